The molecule has 13 heavy (non-hydrogen) atoms. The molecule has 0 fully saturated rings. The Morgan fingerprint density at radius 2 is 2.00 bits per heavy atom. The van der Waals surface area contributed by atoms with Gasteiger partial charge in [-0.2, -0.15) is 0 Å². The first-order valence-corrected chi connectivity index (χ1v) is 3.50. The lowest BCUT2D eigenvalue weighted by Crippen LogP contribution is -2.30. The Morgan fingerprint density at radius 3 is 2.54 bits per heavy atom. The summed E-state index contributed by atoms with van der Waals surface area (Å²) in [5.41, 5.74) is 2.81. The molecular weight excluding hydrogens is 172 g/mol. The van der Waals surface area contributed by atoms with Crippen molar-refractivity contribution in [1.82, 2.24) is 5.43 Å². The van der Waals surface area contributed by atoms with E-state index in [1.807, 2.05) is 35.8 Å². The first-order chi connectivity index (χ1) is 5.83. The minimum Gasteiger partial charge on any atom is -0.444 e. The van der Waals surface area contributed by atoms with Gasteiger partial charge in [0.2, 0.25) is 0 Å². The zero-order valence-corrected chi connectivity index (χ0v) is 6.99. The minimum atomic E-state index is -0.626. The summed E-state index contributed by atoms with van der Waals surface area (Å²) in [6, 6.07) is 9.37. The Hall–Kier alpha value is -1.59. The van der Waals surface area contributed by atoms with E-state index in [4.69, 9.17) is 10.6 Å². The van der Waals surface area contributed by atoms with Crippen molar-refractivity contribution in [3.8, 4) is 0 Å². The maximum Gasteiger partial charge on any atom is 0.421 e. The zero-order valence-electron chi connectivity index (χ0n) is 6.99. The van der Waals surface area contributed by atoms with Crippen molar-refractivity contribution in [3.05, 3.63) is 35.9 Å². The lowest BCUT2D eigenvalue weighted by molar-refractivity contribution is 0.140. The first kappa shape index (κ1) is 11.4. The molecule has 0 atom stereocenters. The average Bonchev–Trinajstić information content (AvgIpc) is 2.16. The molecule has 72 valence electrons. The van der Waals surface area contributed by atoms with Crippen LogP contribution >= 0.6 is 0 Å². The summed E-state index contributed by atoms with van der Waals surface area (Å²) in [5.74, 6) is 4.81. The molecule has 0 saturated carbocycles. The lowest BCUT2D eigenvalue weighted by Gasteiger charge is -2.02. The molecule has 0 aliphatic carbocycles. The normalized spacial score (nSPS) is 8.38. The number of nitrogens with one attached hydrogen (secondary N) is 1. The zero-order chi connectivity index (χ0) is 8.81. The predicted octanol–water partition coefficient (Wildman–Crippen LogP) is -0.0382. The van der Waals surface area contributed by atoms with E-state index in [1.54, 1.807) is 0 Å². The van der Waals surface area contributed by atoms with Gasteiger partial charge < -0.3 is 10.2 Å². The Morgan fingerprint density at radius 1 is 1.38 bits per heavy atom. The van der Waals surface area contributed by atoms with Gasteiger partial charge in [-0.15, -0.1) is 0 Å². The topological polar surface area (TPSA) is 95.8 Å². The van der Waals surface area contributed by atoms with E-state index in [2.05, 4.69) is 0 Å². The summed E-state index contributed by atoms with van der Waals surface area (Å²) >= 11 is 0. The molecule has 0 aromatic heterocycles. The summed E-state index contributed by atoms with van der Waals surface area (Å²) in [7, 11) is 0. The Bertz CT molecular complexity index is 251. The number of ether oxygens (including phenoxy) is 1. The molecule has 0 aliphatic rings. The predicted molar refractivity (Wildman–Crippen MR) is 47.6 cm³/mol. The summed E-state index contributed by atoms with van der Waals surface area (Å²) in [6.45, 7) is 0.240. The standard InChI is InChI=1S/C8H10N2O2.H2O/c9-10-8(11)12-6-7-4-2-1-3-5-7;/h1-5H,6,9H2,(H,10,11);1H2. The second kappa shape index (κ2) is 5.99. The van der Waals surface area contributed by atoms with Crippen molar-refractivity contribution in [1.29, 1.82) is 0 Å². The van der Waals surface area contributed by atoms with Gasteiger partial charge in [-0.3, -0.25) is 5.43 Å². The molecule has 1 aromatic rings. The monoisotopic (exact) mass is 184 g/mol. The highest BCUT2D eigenvalue weighted by Gasteiger charge is 1.97. The van der Waals surface area contributed by atoms with Crippen LogP contribution in [0.25, 0.3) is 0 Å². The van der Waals surface area contributed by atoms with Gasteiger partial charge in [0.25, 0.3) is 0 Å². The number of rotatable bonds is 2. The SMILES string of the molecule is NNC(=O)OCc1ccccc1.O. The van der Waals surface area contributed by atoms with Crippen LogP contribution in [0.5, 0.6) is 0 Å². The second-order valence-electron chi connectivity index (χ2n) is 2.21. The highest BCUT2D eigenvalue weighted by molar-refractivity contribution is 5.66. The number of hydrazine groups is 1. The third kappa shape index (κ3) is 4.09. The number of carbonyl (C=O) groups is 1. The summed E-state index contributed by atoms with van der Waals surface area (Å²) in [4.78, 5) is 10.5. The lowest BCUT2D eigenvalue weighted by atomic mass is 10.2. The summed E-state index contributed by atoms with van der Waals surface area (Å²) in [6.07, 6.45) is -0.626. The van der Waals surface area contributed by atoms with Crippen molar-refractivity contribution < 1.29 is 15.0 Å². The molecule has 1 rings (SSSR count). The van der Waals surface area contributed by atoms with Gasteiger partial charge in [-0.25, -0.2) is 10.6 Å². The van der Waals surface area contributed by atoms with Gasteiger partial charge in [0.15, 0.2) is 0 Å². The van der Waals surface area contributed by atoms with E-state index in [9.17, 15) is 4.79 Å². The molecule has 5 N–H and O–H groups in total. The molecule has 5 nitrogen and oxygen atoms in total. The van der Waals surface area contributed by atoms with Crippen molar-refractivity contribution in [3.63, 3.8) is 0 Å². The molecule has 5 heteroatoms. The van der Waals surface area contributed by atoms with Crippen molar-refractivity contribution in [2.75, 3.05) is 0 Å². The van der Waals surface area contributed by atoms with E-state index in [0.29, 0.717) is 0 Å². The van der Waals surface area contributed by atoms with Crippen LogP contribution in [0.1, 0.15) is 5.56 Å². The third-order valence-electron chi connectivity index (χ3n) is 1.33. The van der Waals surface area contributed by atoms with E-state index < -0.39 is 6.09 Å². The number of hydrogen-bond acceptors (Lipinski definition) is 3. The van der Waals surface area contributed by atoms with Crippen LogP contribution in [-0.2, 0) is 11.3 Å². The minimum absolute atomic E-state index is 0. The van der Waals surface area contributed by atoms with Crippen LogP contribution in [0.3, 0.4) is 0 Å². The second-order valence-corrected chi connectivity index (χ2v) is 2.21. The highest BCUT2D eigenvalue weighted by atomic mass is 16.5. The van der Waals surface area contributed by atoms with Gasteiger partial charge in [-0.1, -0.05) is 30.3 Å². The number of amides is 1. The van der Waals surface area contributed by atoms with Crippen LogP contribution < -0.4 is 11.3 Å². The Kier molecular flexibility index (Phi) is 5.25. The van der Waals surface area contributed by atoms with Gasteiger partial charge in [0.05, 0.1) is 0 Å². The quantitative estimate of drug-likeness (QED) is 0.383. The summed E-state index contributed by atoms with van der Waals surface area (Å²) < 4.78 is 4.70. The molecule has 1 aromatic carbocycles. The Balaban J connectivity index is 0.00000144. The van der Waals surface area contributed by atoms with Crippen molar-refractivity contribution >= 4 is 6.09 Å². The molecule has 0 bridgehead atoms. The third-order valence-corrected chi connectivity index (χ3v) is 1.33. The van der Waals surface area contributed by atoms with E-state index in [0.717, 1.165) is 5.56 Å². The van der Waals surface area contributed by atoms with Gasteiger partial charge in [-0.05, 0) is 5.56 Å². The van der Waals surface area contributed by atoms with Gasteiger partial charge in [0, 0.05) is 0 Å². The fourth-order valence-corrected chi connectivity index (χ4v) is 0.765. The van der Waals surface area contributed by atoms with Crippen LogP contribution in [0.15, 0.2) is 30.3 Å². The molecule has 0 unspecified atom stereocenters. The van der Waals surface area contributed by atoms with Crippen molar-refractivity contribution in [2.24, 2.45) is 5.84 Å². The highest BCUT2D eigenvalue weighted by Crippen LogP contribution is 1.99. The molecule has 0 aliphatic heterocycles. The largest absolute Gasteiger partial charge is 0.444 e. The average molecular weight is 184 g/mol. The fourth-order valence-electron chi connectivity index (χ4n) is 0.765. The molecule has 0 heterocycles. The molecule has 0 radical (unpaired) electrons. The fraction of sp³-hybridized carbons (Fsp3) is 0.125. The van der Waals surface area contributed by atoms with E-state index in [1.165, 1.54) is 0 Å². The van der Waals surface area contributed by atoms with Crippen LogP contribution in [-0.4, -0.2) is 11.6 Å². The molecule has 1 amide bonds. The molecular formula is C8H12N2O3. The van der Waals surface area contributed by atoms with Gasteiger partial charge in [0.1, 0.15) is 6.61 Å². The number of carbonyl (C=O) groups excluding carboxylic acids is 1. The van der Waals surface area contributed by atoms with Crippen LogP contribution in [0, 0.1) is 0 Å². The first-order valence-electron chi connectivity index (χ1n) is 3.50. The molecule has 0 spiro atoms. The maximum atomic E-state index is 10.5. The number of benzene rings is 1. The van der Waals surface area contributed by atoms with Crippen LogP contribution in [0.4, 0.5) is 4.79 Å². The number of hydrogen-bond donors (Lipinski definition) is 2. The van der Waals surface area contributed by atoms with E-state index >= 15 is 0 Å². The van der Waals surface area contributed by atoms with Crippen molar-refractivity contribution in [2.45, 2.75) is 6.61 Å². The Labute approximate surface area is 75.8 Å². The van der Waals surface area contributed by atoms with Gasteiger partial charge >= 0.3 is 6.09 Å². The maximum absolute atomic E-state index is 10.5. The number of nitrogens with two attached hydrogens (primary N) is 1. The van der Waals surface area contributed by atoms with E-state index in [-0.39, 0.29) is 12.1 Å². The summed E-state index contributed by atoms with van der Waals surface area (Å²) in [5, 5.41) is 0. The smallest absolute Gasteiger partial charge is 0.421 e. The van der Waals surface area contributed by atoms with Crippen LogP contribution in [0.2, 0.25) is 0 Å². The molecule has 0 saturated heterocycles.